The van der Waals surface area contributed by atoms with Crippen LogP contribution in [0.2, 0.25) is 0 Å². The third-order valence-corrected chi connectivity index (χ3v) is 6.95. The zero-order valence-corrected chi connectivity index (χ0v) is 23.6. The van der Waals surface area contributed by atoms with Crippen molar-refractivity contribution < 1.29 is 19.0 Å². The van der Waals surface area contributed by atoms with Crippen molar-refractivity contribution in [1.29, 1.82) is 0 Å². The van der Waals surface area contributed by atoms with Gasteiger partial charge in [-0.1, -0.05) is 65.3 Å². The number of benzene rings is 4. The SMILES string of the molecule is CC[C@H](Oc1ccc2ccccc2c1Br)C(=O)N/N=C\c1cc(OC)ccc1OCc1cccc(Br)c1. The predicted octanol–water partition coefficient (Wildman–Crippen LogP) is 7.26. The van der Waals surface area contributed by atoms with Gasteiger partial charge in [0.05, 0.1) is 17.8 Å². The van der Waals surface area contributed by atoms with Crippen LogP contribution < -0.4 is 19.6 Å². The van der Waals surface area contributed by atoms with Gasteiger partial charge in [-0.05, 0) is 75.1 Å². The van der Waals surface area contributed by atoms with E-state index in [1.807, 2.05) is 79.7 Å². The summed E-state index contributed by atoms with van der Waals surface area (Å²) in [5.41, 5.74) is 4.28. The van der Waals surface area contributed by atoms with E-state index in [4.69, 9.17) is 14.2 Å². The molecule has 0 saturated carbocycles. The highest BCUT2D eigenvalue weighted by atomic mass is 79.9. The van der Waals surface area contributed by atoms with Gasteiger partial charge in [0.25, 0.3) is 5.91 Å². The van der Waals surface area contributed by atoms with Crippen molar-refractivity contribution in [1.82, 2.24) is 5.43 Å². The van der Waals surface area contributed by atoms with E-state index in [2.05, 4.69) is 42.4 Å². The highest BCUT2D eigenvalue weighted by Crippen LogP contribution is 2.34. The van der Waals surface area contributed by atoms with Crippen LogP contribution >= 0.6 is 31.9 Å². The predicted molar refractivity (Wildman–Crippen MR) is 154 cm³/mol. The first-order chi connectivity index (χ1) is 18.0. The summed E-state index contributed by atoms with van der Waals surface area (Å²) in [6, 6.07) is 25.1. The maximum absolute atomic E-state index is 12.9. The Morgan fingerprint density at radius 1 is 1.00 bits per heavy atom. The molecule has 1 atom stereocenters. The van der Waals surface area contributed by atoms with E-state index in [1.165, 1.54) is 6.21 Å². The summed E-state index contributed by atoms with van der Waals surface area (Å²) in [6.45, 7) is 2.27. The van der Waals surface area contributed by atoms with Crippen LogP contribution in [0.3, 0.4) is 0 Å². The van der Waals surface area contributed by atoms with Crippen molar-refractivity contribution >= 4 is 54.8 Å². The Hall–Kier alpha value is -3.36. The molecule has 0 aliphatic heterocycles. The van der Waals surface area contributed by atoms with Crippen molar-refractivity contribution in [2.24, 2.45) is 5.10 Å². The molecule has 8 heteroatoms. The van der Waals surface area contributed by atoms with Gasteiger partial charge in [-0.2, -0.15) is 5.10 Å². The Kier molecular flexibility index (Phi) is 9.19. The van der Waals surface area contributed by atoms with E-state index >= 15 is 0 Å². The van der Waals surface area contributed by atoms with Crippen molar-refractivity contribution in [2.45, 2.75) is 26.1 Å². The molecule has 0 heterocycles. The number of nitrogens with zero attached hydrogens (tertiary/aromatic N) is 1. The normalized spacial score (nSPS) is 11.9. The third kappa shape index (κ3) is 6.90. The van der Waals surface area contributed by atoms with Gasteiger partial charge in [0, 0.05) is 10.0 Å². The number of carbonyl (C=O) groups excluding carboxylic acids is 1. The smallest absolute Gasteiger partial charge is 0.281 e. The second kappa shape index (κ2) is 12.7. The van der Waals surface area contributed by atoms with Gasteiger partial charge in [-0.25, -0.2) is 5.43 Å². The number of amides is 1. The van der Waals surface area contributed by atoms with E-state index in [0.29, 0.717) is 35.8 Å². The number of methoxy groups -OCH3 is 1. The van der Waals surface area contributed by atoms with Crippen LogP contribution in [0.4, 0.5) is 0 Å². The average molecular weight is 626 g/mol. The van der Waals surface area contributed by atoms with Gasteiger partial charge < -0.3 is 14.2 Å². The molecule has 0 aliphatic rings. The van der Waals surface area contributed by atoms with Gasteiger partial charge in [-0.15, -0.1) is 0 Å². The molecule has 1 amide bonds. The molecule has 0 radical (unpaired) electrons. The molecule has 0 bridgehead atoms. The molecular formula is C29H26Br2N2O4. The van der Waals surface area contributed by atoms with Gasteiger partial charge in [0.1, 0.15) is 23.9 Å². The molecular weight excluding hydrogens is 600 g/mol. The molecule has 0 aliphatic carbocycles. The van der Waals surface area contributed by atoms with Gasteiger partial charge in [0.15, 0.2) is 6.10 Å². The summed E-state index contributed by atoms with van der Waals surface area (Å²) >= 11 is 7.09. The van der Waals surface area contributed by atoms with Crippen LogP contribution in [-0.4, -0.2) is 25.3 Å². The van der Waals surface area contributed by atoms with Crippen molar-refractivity contribution in [3.63, 3.8) is 0 Å². The summed E-state index contributed by atoms with van der Waals surface area (Å²) in [4.78, 5) is 12.9. The topological polar surface area (TPSA) is 69.2 Å². The lowest BCUT2D eigenvalue weighted by Gasteiger charge is -2.17. The number of nitrogens with one attached hydrogen (secondary N) is 1. The summed E-state index contributed by atoms with van der Waals surface area (Å²) in [6.07, 6.45) is 1.29. The monoisotopic (exact) mass is 624 g/mol. The molecule has 6 nitrogen and oxygen atoms in total. The Morgan fingerprint density at radius 2 is 1.81 bits per heavy atom. The average Bonchev–Trinajstić information content (AvgIpc) is 2.92. The number of ether oxygens (including phenoxy) is 3. The largest absolute Gasteiger partial charge is 0.497 e. The van der Waals surface area contributed by atoms with E-state index in [0.717, 1.165) is 25.3 Å². The van der Waals surface area contributed by atoms with Gasteiger partial charge in [-0.3, -0.25) is 4.79 Å². The number of hydrogen-bond acceptors (Lipinski definition) is 5. The molecule has 4 aromatic carbocycles. The molecule has 0 aromatic heterocycles. The fourth-order valence-electron chi connectivity index (χ4n) is 3.69. The second-order valence-corrected chi connectivity index (χ2v) is 9.88. The quantitative estimate of drug-likeness (QED) is 0.149. The first-order valence-corrected chi connectivity index (χ1v) is 13.3. The lowest BCUT2D eigenvalue weighted by atomic mass is 10.1. The summed E-state index contributed by atoms with van der Waals surface area (Å²) in [5.74, 6) is 1.51. The van der Waals surface area contributed by atoms with Crippen molar-refractivity contribution in [3.8, 4) is 17.2 Å². The Balaban J connectivity index is 1.44. The number of rotatable bonds is 10. The summed E-state index contributed by atoms with van der Waals surface area (Å²) in [7, 11) is 1.59. The number of carbonyl (C=O) groups is 1. The number of fused-ring (bicyclic) bond motifs is 1. The zero-order valence-electron chi connectivity index (χ0n) is 20.4. The van der Waals surface area contributed by atoms with Crippen molar-refractivity contribution in [2.75, 3.05) is 7.11 Å². The summed E-state index contributed by atoms with van der Waals surface area (Å²) < 4.78 is 19.2. The van der Waals surface area contributed by atoms with Crippen LogP contribution in [0.5, 0.6) is 17.2 Å². The zero-order chi connectivity index (χ0) is 26.2. The Labute approximate surface area is 232 Å². The molecule has 4 rings (SSSR count). The summed E-state index contributed by atoms with van der Waals surface area (Å²) in [5, 5.41) is 6.27. The van der Waals surface area contributed by atoms with E-state index in [9.17, 15) is 4.79 Å². The maximum atomic E-state index is 12.9. The van der Waals surface area contributed by atoms with E-state index in [1.54, 1.807) is 13.2 Å². The molecule has 0 unspecified atom stereocenters. The fraction of sp³-hybridized carbons (Fsp3) is 0.172. The van der Waals surface area contributed by atoms with Crippen LogP contribution in [0, 0.1) is 0 Å². The van der Waals surface area contributed by atoms with Gasteiger partial charge >= 0.3 is 0 Å². The number of hydrogen-bond donors (Lipinski definition) is 1. The first-order valence-electron chi connectivity index (χ1n) is 11.7. The third-order valence-electron chi connectivity index (χ3n) is 5.64. The maximum Gasteiger partial charge on any atom is 0.281 e. The number of halogens is 2. The molecule has 0 spiro atoms. The molecule has 0 saturated heterocycles. The Morgan fingerprint density at radius 3 is 2.59 bits per heavy atom. The highest BCUT2D eigenvalue weighted by molar-refractivity contribution is 9.11. The molecule has 0 fully saturated rings. The minimum absolute atomic E-state index is 0.349. The van der Waals surface area contributed by atoms with Gasteiger partial charge in [0.2, 0.25) is 0 Å². The van der Waals surface area contributed by atoms with Crippen LogP contribution in [0.1, 0.15) is 24.5 Å². The molecule has 190 valence electrons. The van der Waals surface area contributed by atoms with E-state index in [-0.39, 0.29) is 5.91 Å². The van der Waals surface area contributed by atoms with E-state index < -0.39 is 6.10 Å². The molecule has 1 N–H and O–H groups in total. The minimum atomic E-state index is -0.716. The fourth-order valence-corrected chi connectivity index (χ4v) is 4.72. The van der Waals surface area contributed by atoms with Crippen LogP contribution in [-0.2, 0) is 11.4 Å². The first kappa shape index (κ1) is 26.7. The van der Waals surface area contributed by atoms with Crippen LogP contribution in [0.15, 0.2) is 92.9 Å². The standard InChI is InChI=1S/C29H26Br2N2O4/c1-3-25(37-27-13-11-20-8-4-5-10-24(20)28(27)31)29(34)33-32-17-21-16-23(35-2)12-14-26(21)36-18-19-7-6-9-22(30)15-19/h4-17,25H,3,18H2,1-2H3,(H,33,34)/b32-17-/t25-/m0/s1. The lowest BCUT2D eigenvalue weighted by molar-refractivity contribution is -0.128. The second-order valence-electron chi connectivity index (χ2n) is 8.17. The molecule has 4 aromatic rings. The number of hydrazone groups is 1. The minimum Gasteiger partial charge on any atom is -0.497 e. The Bertz CT molecular complexity index is 1420. The van der Waals surface area contributed by atoms with Crippen LogP contribution in [0.25, 0.3) is 10.8 Å². The molecule has 37 heavy (non-hydrogen) atoms. The van der Waals surface area contributed by atoms with Crippen molar-refractivity contribution in [3.05, 3.63) is 98.9 Å². The highest BCUT2D eigenvalue weighted by Gasteiger charge is 2.20. The lowest BCUT2D eigenvalue weighted by Crippen LogP contribution is -2.35.